The number of hydrogen-bond donors (Lipinski definition) is 1. The van der Waals surface area contributed by atoms with Crippen LogP contribution in [-0.2, 0) is 9.53 Å². The molecule has 0 aliphatic carbocycles. The molecule has 0 aromatic heterocycles. The van der Waals surface area contributed by atoms with E-state index in [0.717, 1.165) is 24.3 Å². The van der Waals surface area contributed by atoms with Crippen molar-refractivity contribution in [3.63, 3.8) is 0 Å². The third kappa shape index (κ3) is 4.61. The van der Waals surface area contributed by atoms with Crippen molar-refractivity contribution >= 4 is 40.5 Å². The van der Waals surface area contributed by atoms with Gasteiger partial charge in [-0.2, -0.15) is 0 Å². The fourth-order valence-electron chi connectivity index (χ4n) is 2.77. The average Bonchev–Trinajstić information content (AvgIpc) is 2.63. The molecule has 2 aromatic rings. The second-order valence-electron chi connectivity index (χ2n) is 5.98. The van der Waals surface area contributed by atoms with Gasteiger partial charge in [0, 0.05) is 18.1 Å². The fraction of sp³-hybridized carbons (Fsp3) is 0.316. The quantitative estimate of drug-likeness (QED) is 0.826. The van der Waals surface area contributed by atoms with Crippen molar-refractivity contribution < 1.29 is 14.3 Å². The Morgan fingerprint density at radius 3 is 2.69 bits per heavy atom. The van der Waals surface area contributed by atoms with Gasteiger partial charge in [-0.3, -0.25) is 4.79 Å². The maximum atomic E-state index is 12.3. The van der Waals surface area contributed by atoms with E-state index in [4.69, 9.17) is 32.7 Å². The predicted molar refractivity (Wildman–Crippen MR) is 105 cm³/mol. The minimum absolute atomic E-state index is 0.101. The third-order valence-electron chi connectivity index (χ3n) is 4.09. The summed E-state index contributed by atoms with van der Waals surface area (Å²) in [6, 6.07) is 10.7. The zero-order chi connectivity index (χ0) is 18.5. The van der Waals surface area contributed by atoms with Gasteiger partial charge in [0.15, 0.2) is 6.61 Å². The van der Waals surface area contributed by atoms with Crippen LogP contribution < -0.4 is 15.0 Å². The molecule has 0 bridgehead atoms. The van der Waals surface area contributed by atoms with Crippen LogP contribution in [0.1, 0.15) is 5.56 Å². The van der Waals surface area contributed by atoms with E-state index >= 15 is 0 Å². The highest BCUT2D eigenvalue weighted by atomic mass is 35.5. The van der Waals surface area contributed by atoms with Crippen LogP contribution in [0.5, 0.6) is 5.75 Å². The van der Waals surface area contributed by atoms with Crippen molar-refractivity contribution in [3.05, 3.63) is 52.0 Å². The largest absolute Gasteiger partial charge is 0.484 e. The number of carbonyl (C=O) groups is 1. The number of amides is 1. The van der Waals surface area contributed by atoms with Crippen LogP contribution in [0, 0.1) is 6.92 Å². The fourth-order valence-corrected chi connectivity index (χ4v) is 3.18. The van der Waals surface area contributed by atoms with E-state index in [0.29, 0.717) is 34.7 Å². The van der Waals surface area contributed by atoms with Gasteiger partial charge in [0.25, 0.3) is 5.91 Å². The van der Waals surface area contributed by atoms with Gasteiger partial charge in [-0.25, -0.2) is 0 Å². The summed E-state index contributed by atoms with van der Waals surface area (Å²) in [5.41, 5.74) is 2.38. The first-order valence-electron chi connectivity index (χ1n) is 8.34. The number of carbonyl (C=O) groups excluding carboxylic acids is 1. The Hall–Kier alpha value is -1.95. The Bertz CT molecular complexity index is 792. The summed E-state index contributed by atoms with van der Waals surface area (Å²) >= 11 is 12.4. The molecule has 0 saturated carbocycles. The van der Waals surface area contributed by atoms with Crippen LogP contribution in [0.25, 0.3) is 0 Å². The summed E-state index contributed by atoms with van der Waals surface area (Å²) in [5, 5.41) is 4.15. The number of nitrogens with zero attached hydrogens (tertiary/aromatic N) is 1. The topological polar surface area (TPSA) is 50.8 Å². The number of rotatable bonds is 5. The van der Waals surface area contributed by atoms with E-state index in [-0.39, 0.29) is 12.5 Å². The van der Waals surface area contributed by atoms with Crippen LogP contribution >= 0.6 is 23.2 Å². The highest BCUT2D eigenvalue weighted by Crippen LogP contribution is 2.34. The Kier molecular flexibility index (Phi) is 6.25. The number of aryl methyl sites for hydroxylation is 1. The van der Waals surface area contributed by atoms with Crippen molar-refractivity contribution in [1.82, 2.24) is 0 Å². The van der Waals surface area contributed by atoms with Crippen LogP contribution in [0.3, 0.4) is 0 Å². The first kappa shape index (κ1) is 18.8. The lowest BCUT2D eigenvalue weighted by Gasteiger charge is -2.31. The van der Waals surface area contributed by atoms with Gasteiger partial charge in [-0.15, -0.1) is 0 Å². The van der Waals surface area contributed by atoms with Gasteiger partial charge < -0.3 is 19.7 Å². The van der Waals surface area contributed by atoms with Crippen LogP contribution in [-0.4, -0.2) is 38.8 Å². The summed E-state index contributed by atoms with van der Waals surface area (Å²) in [5.74, 6) is 0.343. The van der Waals surface area contributed by atoms with E-state index in [1.165, 1.54) is 0 Å². The summed E-state index contributed by atoms with van der Waals surface area (Å²) in [4.78, 5) is 14.5. The maximum absolute atomic E-state index is 12.3. The van der Waals surface area contributed by atoms with E-state index in [2.05, 4.69) is 10.2 Å². The smallest absolute Gasteiger partial charge is 0.262 e. The molecule has 2 aromatic carbocycles. The van der Waals surface area contributed by atoms with Crippen molar-refractivity contribution in [2.75, 3.05) is 43.1 Å². The molecule has 26 heavy (non-hydrogen) atoms. The standard InChI is InChI=1S/C19H20Cl2N2O3/c1-13-11-14(5-6-15(13)20)26-12-18(24)22-17-4-2-3-16(21)19(17)23-7-9-25-10-8-23/h2-6,11H,7-10,12H2,1H3,(H,22,24). The van der Waals surface area contributed by atoms with Crippen molar-refractivity contribution in [3.8, 4) is 5.75 Å². The number of benzene rings is 2. The predicted octanol–water partition coefficient (Wildman–Crippen LogP) is 4.16. The molecule has 1 aliphatic heterocycles. The molecule has 1 amide bonds. The van der Waals surface area contributed by atoms with Gasteiger partial charge >= 0.3 is 0 Å². The van der Waals surface area contributed by atoms with Crippen LogP contribution in [0.15, 0.2) is 36.4 Å². The number of nitrogens with one attached hydrogen (secondary N) is 1. The summed E-state index contributed by atoms with van der Waals surface area (Å²) in [6.45, 7) is 4.52. The molecule has 0 atom stereocenters. The molecule has 1 aliphatic rings. The molecule has 1 fully saturated rings. The maximum Gasteiger partial charge on any atom is 0.262 e. The Morgan fingerprint density at radius 1 is 1.19 bits per heavy atom. The number of hydrogen-bond acceptors (Lipinski definition) is 4. The molecule has 1 N–H and O–H groups in total. The normalized spacial score (nSPS) is 14.2. The Balaban J connectivity index is 1.67. The molecular formula is C19H20Cl2N2O3. The second-order valence-corrected chi connectivity index (χ2v) is 6.80. The molecule has 138 valence electrons. The number of ether oxygens (including phenoxy) is 2. The summed E-state index contributed by atoms with van der Waals surface area (Å²) < 4.78 is 10.9. The minimum Gasteiger partial charge on any atom is -0.484 e. The minimum atomic E-state index is -0.255. The molecule has 3 rings (SSSR count). The number of morpholine rings is 1. The van der Waals surface area contributed by atoms with Crippen LogP contribution in [0.4, 0.5) is 11.4 Å². The molecular weight excluding hydrogens is 375 g/mol. The molecule has 5 nitrogen and oxygen atoms in total. The molecule has 1 heterocycles. The van der Waals surface area contributed by atoms with Gasteiger partial charge in [-0.05, 0) is 42.8 Å². The zero-order valence-electron chi connectivity index (χ0n) is 14.4. The third-order valence-corrected chi connectivity index (χ3v) is 4.82. The SMILES string of the molecule is Cc1cc(OCC(=O)Nc2cccc(Cl)c2N2CCOCC2)ccc1Cl. The first-order chi connectivity index (χ1) is 12.5. The lowest BCUT2D eigenvalue weighted by atomic mass is 10.2. The summed E-state index contributed by atoms with van der Waals surface area (Å²) in [6.07, 6.45) is 0. The number of anilines is 2. The van der Waals surface area contributed by atoms with E-state index in [1.807, 2.05) is 25.1 Å². The molecule has 0 unspecified atom stereocenters. The lowest BCUT2D eigenvalue weighted by Crippen LogP contribution is -2.37. The van der Waals surface area contributed by atoms with Gasteiger partial charge in [0.2, 0.25) is 0 Å². The lowest BCUT2D eigenvalue weighted by molar-refractivity contribution is -0.118. The molecule has 1 saturated heterocycles. The van der Waals surface area contributed by atoms with Gasteiger partial charge in [0.1, 0.15) is 5.75 Å². The van der Waals surface area contributed by atoms with Gasteiger partial charge in [0.05, 0.1) is 29.6 Å². The first-order valence-corrected chi connectivity index (χ1v) is 9.10. The van der Waals surface area contributed by atoms with Gasteiger partial charge in [-0.1, -0.05) is 29.3 Å². The van der Waals surface area contributed by atoms with Crippen molar-refractivity contribution in [2.45, 2.75) is 6.92 Å². The van der Waals surface area contributed by atoms with Crippen LogP contribution in [0.2, 0.25) is 10.0 Å². The number of halogens is 2. The van der Waals surface area contributed by atoms with E-state index < -0.39 is 0 Å². The monoisotopic (exact) mass is 394 g/mol. The Morgan fingerprint density at radius 2 is 1.96 bits per heavy atom. The molecule has 0 radical (unpaired) electrons. The second kappa shape index (κ2) is 8.62. The molecule has 0 spiro atoms. The zero-order valence-corrected chi connectivity index (χ0v) is 15.9. The van der Waals surface area contributed by atoms with Crippen molar-refractivity contribution in [2.24, 2.45) is 0 Å². The van der Waals surface area contributed by atoms with E-state index in [9.17, 15) is 4.79 Å². The van der Waals surface area contributed by atoms with Crippen molar-refractivity contribution in [1.29, 1.82) is 0 Å². The average molecular weight is 395 g/mol. The Labute approximate surface area is 162 Å². The summed E-state index contributed by atoms with van der Waals surface area (Å²) in [7, 11) is 0. The highest BCUT2D eigenvalue weighted by Gasteiger charge is 2.19. The molecule has 7 heteroatoms. The highest BCUT2D eigenvalue weighted by molar-refractivity contribution is 6.34. The van der Waals surface area contributed by atoms with E-state index in [1.54, 1.807) is 18.2 Å². The number of para-hydroxylation sites is 1.